The molecule has 0 heterocycles. The summed E-state index contributed by atoms with van der Waals surface area (Å²) < 4.78 is 0. The average Bonchev–Trinajstić information content (AvgIpc) is 2.37. The standard InChI is InChI=1S/C15H25N3S.HI/c1-5-16-15(17-8-9-19-4)18-11-14-7-6-12(2)10-13(14)3;/h6-7,10H,5,8-9,11H2,1-4H3,(H2,16,17,18);1H. The lowest BCUT2D eigenvalue weighted by Crippen LogP contribution is -2.38. The van der Waals surface area contributed by atoms with Crippen molar-refractivity contribution >= 4 is 41.7 Å². The van der Waals surface area contributed by atoms with E-state index in [0.717, 1.165) is 31.3 Å². The van der Waals surface area contributed by atoms with Crippen LogP contribution in [0.5, 0.6) is 0 Å². The van der Waals surface area contributed by atoms with Crippen molar-refractivity contribution in [2.75, 3.05) is 25.1 Å². The Balaban J connectivity index is 0.00000361. The van der Waals surface area contributed by atoms with E-state index in [2.05, 4.69) is 60.9 Å². The lowest BCUT2D eigenvalue weighted by molar-refractivity contribution is 0.842. The van der Waals surface area contributed by atoms with Gasteiger partial charge in [-0.3, -0.25) is 0 Å². The maximum absolute atomic E-state index is 4.63. The summed E-state index contributed by atoms with van der Waals surface area (Å²) in [5.41, 5.74) is 3.90. The van der Waals surface area contributed by atoms with E-state index in [1.54, 1.807) is 0 Å². The van der Waals surface area contributed by atoms with E-state index in [0.29, 0.717) is 0 Å². The highest BCUT2D eigenvalue weighted by Crippen LogP contribution is 2.11. The van der Waals surface area contributed by atoms with Gasteiger partial charge in [-0.25, -0.2) is 4.99 Å². The van der Waals surface area contributed by atoms with Gasteiger partial charge < -0.3 is 10.6 Å². The first-order valence-corrected chi connectivity index (χ1v) is 8.14. The summed E-state index contributed by atoms with van der Waals surface area (Å²) in [5.74, 6) is 1.99. The van der Waals surface area contributed by atoms with Gasteiger partial charge in [0, 0.05) is 18.8 Å². The Labute approximate surface area is 144 Å². The molecule has 0 unspecified atom stereocenters. The summed E-state index contributed by atoms with van der Waals surface area (Å²) in [6.07, 6.45) is 2.11. The molecule has 20 heavy (non-hydrogen) atoms. The molecule has 0 spiro atoms. The van der Waals surface area contributed by atoms with Crippen molar-refractivity contribution in [2.45, 2.75) is 27.3 Å². The number of aliphatic imine (C=N–C) groups is 1. The van der Waals surface area contributed by atoms with Gasteiger partial charge in [-0.15, -0.1) is 24.0 Å². The molecule has 114 valence electrons. The lowest BCUT2D eigenvalue weighted by atomic mass is 10.1. The second kappa shape index (κ2) is 11.3. The number of aryl methyl sites for hydroxylation is 2. The maximum atomic E-state index is 4.63. The van der Waals surface area contributed by atoms with Crippen LogP contribution in [-0.2, 0) is 6.54 Å². The fourth-order valence-corrected chi connectivity index (χ4v) is 2.11. The van der Waals surface area contributed by atoms with Crippen LogP contribution in [0.1, 0.15) is 23.6 Å². The molecule has 0 radical (unpaired) electrons. The Morgan fingerprint density at radius 3 is 2.60 bits per heavy atom. The Morgan fingerprint density at radius 2 is 2.00 bits per heavy atom. The zero-order valence-corrected chi connectivity index (χ0v) is 16.0. The molecule has 0 saturated carbocycles. The van der Waals surface area contributed by atoms with Crippen LogP contribution in [0.2, 0.25) is 0 Å². The number of nitrogens with one attached hydrogen (secondary N) is 2. The largest absolute Gasteiger partial charge is 0.357 e. The fraction of sp³-hybridized carbons (Fsp3) is 0.533. The highest BCUT2D eigenvalue weighted by Gasteiger charge is 2.00. The SMILES string of the molecule is CCNC(=NCc1ccc(C)cc1C)NCCSC.I. The van der Waals surface area contributed by atoms with Crippen LogP contribution in [-0.4, -0.2) is 31.1 Å². The second-order valence-electron chi connectivity index (χ2n) is 4.54. The monoisotopic (exact) mass is 407 g/mol. The topological polar surface area (TPSA) is 36.4 Å². The van der Waals surface area contributed by atoms with Gasteiger partial charge in [0.1, 0.15) is 0 Å². The summed E-state index contributed by atoms with van der Waals surface area (Å²) in [7, 11) is 0. The molecule has 0 aliphatic carbocycles. The molecule has 0 amide bonds. The molecule has 1 aromatic carbocycles. The zero-order chi connectivity index (χ0) is 14.1. The van der Waals surface area contributed by atoms with E-state index in [9.17, 15) is 0 Å². The van der Waals surface area contributed by atoms with E-state index in [1.807, 2.05) is 11.8 Å². The molecule has 0 bridgehead atoms. The molecule has 0 aliphatic heterocycles. The van der Waals surface area contributed by atoms with E-state index < -0.39 is 0 Å². The molecule has 1 aromatic rings. The highest BCUT2D eigenvalue weighted by molar-refractivity contribution is 14.0. The van der Waals surface area contributed by atoms with Gasteiger partial charge in [0.05, 0.1) is 6.54 Å². The molecule has 0 atom stereocenters. The fourth-order valence-electron chi connectivity index (χ4n) is 1.80. The van der Waals surface area contributed by atoms with Crippen molar-refractivity contribution in [3.8, 4) is 0 Å². The first-order valence-electron chi connectivity index (χ1n) is 6.74. The summed E-state index contributed by atoms with van der Waals surface area (Å²) >= 11 is 1.83. The minimum Gasteiger partial charge on any atom is -0.357 e. The van der Waals surface area contributed by atoms with E-state index in [1.165, 1.54) is 16.7 Å². The van der Waals surface area contributed by atoms with Crippen molar-refractivity contribution in [3.05, 3.63) is 34.9 Å². The molecule has 0 fully saturated rings. The number of hydrogen-bond donors (Lipinski definition) is 2. The second-order valence-corrected chi connectivity index (χ2v) is 5.53. The molecule has 0 aromatic heterocycles. The van der Waals surface area contributed by atoms with Gasteiger partial charge in [0.2, 0.25) is 0 Å². The number of rotatable bonds is 6. The molecule has 5 heteroatoms. The summed E-state index contributed by atoms with van der Waals surface area (Å²) in [6, 6.07) is 6.52. The Morgan fingerprint density at radius 1 is 1.25 bits per heavy atom. The van der Waals surface area contributed by atoms with Crippen molar-refractivity contribution in [1.29, 1.82) is 0 Å². The minimum absolute atomic E-state index is 0. The minimum atomic E-state index is 0. The number of nitrogens with zero attached hydrogens (tertiary/aromatic N) is 1. The van der Waals surface area contributed by atoms with Crippen LogP contribution in [0.4, 0.5) is 0 Å². The number of halogens is 1. The Hall–Kier alpha value is -0.430. The summed E-state index contributed by atoms with van der Waals surface area (Å²) in [4.78, 5) is 4.63. The molecule has 3 nitrogen and oxygen atoms in total. The molecule has 0 saturated heterocycles. The molecular formula is C15H26IN3S. The van der Waals surface area contributed by atoms with Crippen LogP contribution in [0.25, 0.3) is 0 Å². The predicted octanol–water partition coefficient (Wildman–Crippen LogP) is 3.34. The number of hydrogen-bond acceptors (Lipinski definition) is 2. The third-order valence-electron chi connectivity index (χ3n) is 2.85. The van der Waals surface area contributed by atoms with E-state index in [-0.39, 0.29) is 24.0 Å². The van der Waals surface area contributed by atoms with Crippen molar-refractivity contribution in [2.24, 2.45) is 4.99 Å². The van der Waals surface area contributed by atoms with E-state index in [4.69, 9.17) is 0 Å². The van der Waals surface area contributed by atoms with Gasteiger partial charge in [-0.2, -0.15) is 11.8 Å². The Kier molecular flexibility index (Phi) is 11.0. The lowest BCUT2D eigenvalue weighted by Gasteiger charge is -2.11. The van der Waals surface area contributed by atoms with Gasteiger partial charge in [-0.1, -0.05) is 23.8 Å². The summed E-state index contributed by atoms with van der Waals surface area (Å²) in [6.45, 7) is 8.90. The Bertz CT molecular complexity index is 422. The zero-order valence-electron chi connectivity index (χ0n) is 12.8. The third kappa shape index (κ3) is 7.38. The van der Waals surface area contributed by atoms with Gasteiger partial charge >= 0.3 is 0 Å². The van der Waals surface area contributed by atoms with Crippen molar-refractivity contribution in [3.63, 3.8) is 0 Å². The highest BCUT2D eigenvalue weighted by atomic mass is 127. The quantitative estimate of drug-likeness (QED) is 0.329. The van der Waals surface area contributed by atoms with Crippen LogP contribution in [0, 0.1) is 13.8 Å². The first kappa shape index (κ1) is 19.6. The van der Waals surface area contributed by atoms with Gasteiger partial charge in [0.15, 0.2) is 5.96 Å². The molecule has 1 rings (SSSR count). The van der Waals surface area contributed by atoms with Gasteiger partial charge in [0.25, 0.3) is 0 Å². The van der Waals surface area contributed by atoms with E-state index >= 15 is 0 Å². The van der Waals surface area contributed by atoms with Crippen molar-refractivity contribution < 1.29 is 0 Å². The molecule has 2 N–H and O–H groups in total. The van der Waals surface area contributed by atoms with Crippen LogP contribution in [0.3, 0.4) is 0 Å². The number of thioether (sulfide) groups is 1. The van der Waals surface area contributed by atoms with Crippen LogP contribution < -0.4 is 10.6 Å². The first-order chi connectivity index (χ1) is 9.17. The normalized spacial score (nSPS) is 10.9. The average molecular weight is 407 g/mol. The third-order valence-corrected chi connectivity index (χ3v) is 3.46. The predicted molar refractivity (Wildman–Crippen MR) is 103 cm³/mol. The van der Waals surface area contributed by atoms with Crippen LogP contribution >= 0.6 is 35.7 Å². The maximum Gasteiger partial charge on any atom is 0.191 e. The van der Waals surface area contributed by atoms with Crippen molar-refractivity contribution in [1.82, 2.24) is 10.6 Å². The molecule has 0 aliphatic rings. The number of guanidine groups is 1. The molecular weight excluding hydrogens is 381 g/mol. The smallest absolute Gasteiger partial charge is 0.191 e. The number of benzene rings is 1. The van der Waals surface area contributed by atoms with Crippen LogP contribution in [0.15, 0.2) is 23.2 Å². The summed E-state index contributed by atoms with van der Waals surface area (Å²) in [5, 5.41) is 6.61. The van der Waals surface area contributed by atoms with Gasteiger partial charge in [-0.05, 0) is 38.2 Å².